The van der Waals surface area contributed by atoms with E-state index in [1.54, 1.807) is 0 Å². The van der Waals surface area contributed by atoms with Gasteiger partial charge in [-0.1, -0.05) is 188 Å². The van der Waals surface area contributed by atoms with Gasteiger partial charge in [-0.25, -0.2) is 0 Å². The van der Waals surface area contributed by atoms with Gasteiger partial charge in [0.15, 0.2) is 0 Å². The van der Waals surface area contributed by atoms with Crippen molar-refractivity contribution in [3.05, 3.63) is 179 Å². The summed E-state index contributed by atoms with van der Waals surface area (Å²) >= 11 is 0. The van der Waals surface area contributed by atoms with Crippen LogP contribution in [-0.2, 0) is 27.1 Å². The molecule has 3 aliphatic rings. The first-order chi connectivity index (χ1) is 31.5. The normalized spacial score (nSPS) is 15.0. The lowest BCUT2D eigenvalue weighted by Gasteiger charge is -2.44. The van der Waals surface area contributed by atoms with Crippen molar-refractivity contribution in [2.45, 2.75) is 124 Å². The first kappa shape index (κ1) is 43.3. The van der Waals surface area contributed by atoms with Gasteiger partial charge in [-0.15, -0.1) is 0 Å². The monoisotopic (exact) mass is 876 g/mol. The van der Waals surface area contributed by atoms with Gasteiger partial charge in [-0.05, 0) is 126 Å². The van der Waals surface area contributed by atoms with Gasteiger partial charge in [-0.3, -0.25) is 0 Å². The minimum absolute atomic E-state index is 0.0188. The Labute approximate surface area is 400 Å². The van der Waals surface area contributed by atoms with Gasteiger partial charge >= 0.3 is 0 Å². The Balaban J connectivity index is 1.32. The second-order valence-electron chi connectivity index (χ2n) is 24.4. The number of rotatable bonds is 3. The average molecular weight is 876 g/mol. The second-order valence-corrected chi connectivity index (χ2v) is 24.4. The lowest BCUT2D eigenvalue weighted by molar-refractivity contribution is 0.590. The van der Waals surface area contributed by atoms with Crippen LogP contribution >= 0.6 is 0 Å². The molecule has 0 unspecified atom stereocenters. The van der Waals surface area contributed by atoms with Crippen LogP contribution in [0.4, 0.5) is 34.1 Å². The second kappa shape index (κ2) is 14.4. The fourth-order valence-corrected chi connectivity index (χ4v) is 11.6. The van der Waals surface area contributed by atoms with Crippen LogP contribution in [0.2, 0.25) is 0 Å². The molecule has 2 aliphatic heterocycles. The maximum absolute atomic E-state index is 2.70. The van der Waals surface area contributed by atoms with E-state index >= 15 is 0 Å². The van der Waals surface area contributed by atoms with E-state index in [-0.39, 0.29) is 33.8 Å². The van der Waals surface area contributed by atoms with E-state index in [1.165, 1.54) is 112 Å². The molecule has 0 amide bonds. The summed E-state index contributed by atoms with van der Waals surface area (Å²) in [5.41, 5.74) is 24.4. The highest BCUT2D eigenvalue weighted by Gasteiger charge is 2.48. The molecule has 0 bridgehead atoms. The molecule has 0 radical (unpaired) electrons. The summed E-state index contributed by atoms with van der Waals surface area (Å²) in [6.45, 7) is 32.6. The Morgan fingerprint density at radius 3 is 1.48 bits per heavy atom. The number of nitrogens with zero attached hydrogens (tertiary/aromatic N) is 3. The van der Waals surface area contributed by atoms with E-state index in [1.807, 2.05) is 0 Å². The third-order valence-corrected chi connectivity index (χ3v) is 15.4. The van der Waals surface area contributed by atoms with Gasteiger partial charge in [0.2, 0.25) is 0 Å². The van der Waals surface area contributed by atoms with Crippen LogP contribution in [0.1, 0.15) is 130 Å². The summed E-state index contributed by atoms with van der Waals surface area (Å²) in [5, 5.41) is 1.27. The summed E-state index contributed by atoms with van der Waals surface area (Å²) in [7, 11) is 0. The summed E-state index contributed by atoms with van der Waals surface area (Å²) in [6.07, 6.45) is 0. The number of hydrogen-bond donors (Lipinski definition) is 0. The van der Waals surface area contributed by atoms with Crippen molar-refractivity contribution in [2.75, 3.05) is 9.80 Å². The summed E-state index contributed by atoms with van der Waals surface area (Å²) < 4.78 is 2.70. The largest absolute Gasteiger partial charge is 0.319 e. The molecule has 1 aromatic heterocycles. The van der Waals surface area contributed by atoms with Crippen LogP contribution in [0.25, 0.3) is 27.7 Å². The molecule has 4 heteroatoms. The number of hydrogen-bond acceptors (Lipinski definition) is 2. The molecule has 0 N–H and O–H groups in total. The van der Waals surface area contributed by atoms with Crippen LogP contribution < -0.4 is 26.3 Å². The van der Waals surface area contributed by atoms with E-state index in [0.29, 0.717) is 0 Å². The van der Waals surface area contributed by atoms with Gasteiger partial charge in [0.1, 0.15) is 0 Å². The van der Waals surface area contributed by atoms with Crippen LogP contribution in [0.5, 0.6) is 0 Å². The average Bonchev–Trinajstić information content (AvgIpc) is 3.74. The van der Waals surface area contributed by atoms with Gasteiger partial charge in [0, 0.05) is 56.1 Å². The van der Waals surface area contributed by atoms with E-state index in [9.17, 15) is 0 Å². The summed E-state index contributed by atoms with van der Waals surface area (Å²) in [4.78, 5) is 5.17. The highest BCUT2D eigenvalue weighted by molar-refractivity contribution is 7.00. The molecular formula is C63H66BN3. The fourth-order valence-electron chi connectivity index (χ4n) is 11.6. The van der Waals surface area contributed by atoms with Crippen molar-refractivity contribution >= 4 is 68.3 Å². The van der Waals surface area contributed by atoms with E-state index in [2.05, 4.69) is 257 Å². The Kier molecular flexibility index (Phi) is 9.30. The zero-order valence-corrected chi connectivity index (χ0v) is 42.3. The van der Waals surface area contributed by atoms with Crippen LogP contribution in [0.3, 0.4) is 0 Å². The molecule has 11 rings (SSSR count). The van der Waals surface area contributed by atoms with Crippen molar-refractivity contribution < 1.29 is 0 Å². The van der Waals surface area contributed by atoms with Gasteiger partial charge in [0.05, 0.1) is 11.2 Å². The number of anilines is 6. The van der Waals surface area contributed by atoms with Crippen molar-refractivity contribution in [1.82, 2.24) is 4.57 Å². The molecule has 3 nitrogen and oxygen atoms in total. The van der Waals surface area contributed by atoms with Crippen LogP contribution in [-0.4, -0.2) is 11.3 Å². The minimum Gasteiger partial charge on any atom is -0.319 e. The van der Waals surface area contributed by atoms with Crippen molar-refractivity contribution in [3.8, 4) is 16.8 Å². The fraction of sp³-hybridized carbons (Fsp3) is 0.302. The highest BCUT2D eigenvalue weighted by Crippen LogP contribution is 2.55. The molecule has 8 aromatic rings. The quantitative estimate of drug-likeness (QED) is 0.164. The Morgan fingerprint density at radius 2 is 0.925 bits per heavy atom. The molecule has 3 heterocycles. The van der Waals surface area contributed by atoms with Gasteiger partial charge < -0.3 is 14.4 Å². The molecule has 0 atom stereocenters. The predicted octanol–water partition coefficient (Wildman–Crippen LogP) is 15.2. The molecule has 1 aliphatic carbocycles. The SMILES string of the molecule is CC(C)(C)c1ccc(N2c3ccc(C(C)(C)C)cc3B3c4c2cccc4N(c2ccc(C(C)(C)C)cc2)c2c3n(-c3ccc(C(C)(C)C)cc3)c3c4c(ccc23)C(C)(C)c2ccccc2-4)cc1. The van der Waals surface area contributed by atoms with E-state index < -0.39 is 0 Å². The third-order valence-electron chi connectivity index (χ3n) is 15.4. The summed E-state index contributed by atoms with van der Waals surface area (Å²) in [6, 6.07) is 56.8. The first-order valence-corrected chi connectivity index (χ1v) is 24.6. The van der Waals surface area contributed by atoms with Crippen LogP contribution in [0, 0.1) is 0 Å². The molecule has 67 heavy (non-hydrogen) atoms. The Bertz CT molecular complexity index is 3280. The number of benzene rings is 7. The molecule has 0 fully saturated rings. The zero-order valence-electron chi connectivity index (χ0n) is 42.3. The number of aromatic nitrogens is 1. The molecular weight excluding hydrogens is 810 g/mol. The highest BCUT2D eigenvalue weighted by atomic mass is 15.2. The van der Waals surface area contributed by atoms with Crippen molar-refractivity contribution in [3.63, 3.8) is 0 Å². The lowest BCUT2D eigenvalue weighted by atomic mass is 9.34. The van der Waals surface area contributed by atoms with Gasteiger partial charge in [0.25, 0.3) is 6.71 Å². The van der Waals surface area contributed by atoms with Crippen LogP contribution in [0.15, 0.2) is 146 Å². The summed E-state index contributed by atoms with van der Waals surface area (Å²) in [5.74, 6) is 0. The molecule has 336 valence electrons. The zero-order chi connectivity index (χ0) is 47.3. The third kappa shape index (κ3) is 6.52. The maximum atomic E-state index is 2.70. The smallest absolute Gasteiger partial charge is 0.273 e. The molecule has 0 saturated heterocycles. The molecule has 7 aromatic carbocycles. The van der Waals surface area contributed by atoms with E-state index in [0.717, 1.165) is 0 Å². The lowest BCUT2D eigenvalue weighted by Crippen LogP contribution is -2.63. The maximum Gasteiger partial charge on any atom is 0.273 e. The minimum atomic E-state index is -0.160. The van der Waals surface area contributed by atoms with E-state index in [4.69, 9.17) is 0 Å². The van der Waals surface area contributed by atoms with Gasteiger partial charge in [-0.2, -0.15) is 0 Å². The standard InChI is InChI=1S/C63H66BN3/c1-59(2,3)39-22-29-43(30-23-39)65-51-37-28-42(62(10,11)12)38-50(51)64-55-52(65)20-17-21-53(55)66(44-31-24-40(25-32-44)60(4,5)6)57-47-35-36-49-54(46-18-15-16-19-48(46)63(49,13)14)56(47)67(58(57)64)45-33-26-41(27-34-45)61(7,8)9/h15-38H,1-14H3. The topological polar surface area (TPSA) is 11.4 Å². The molecule has 0 spiro atoms. The first-order valence-electron chi connectivity index (χ1n) is 24.6. The van der Waals surface area contributed by atoms with Crippen molar-refractivity contribution in [2.24, 2.45) is 0 Å². The molecule has 0 saturated carbocycles. The predicted molar refractivity (Wildman–Crippen MR) is 290 cm³/mol. The number of fused-ring (bicyclic) bond motifs is 10. The Hall–Kier alpha value is -6.26. The Morgan fingerprint density at radius 1 is 0.433 bits per heavy atom. The van der Waals surface area contributed by atoms with Crippen molar-refractivity contribution in [1.29, 1.82) is 0 Å².